The minimum absolute atomic E-state index is 0.675. The van der Waals surface area contributed by atoms with Crippen LogP contribution in [0.2, 0.25) is 0 Å². The molecule has 2 aromatic carbocycles. The summed E-state index contributed by atoms with van der Waals surface area (Å²) >= 11 is 0. The molecule has 0 bridgehead atoms. The predicted molar refractivity (Wildman–Crippen MR) is 84.0 cm³/mol. The Balaban J connectivity index is 2.30. The summed E-state index contributed by atoms with van der Waals surface area (Å²) in [5.74, 6) is 0.675. The van der Waals surface area contributed by atoms with E-state index in [9.17, 15) is 0 Å². The molecule has 0 aliphatic carbocycles. The number of nitrogens with zero attached hydrogens (tertiary/aromatic N) is 1. The second-order valence-corrected chi connectivity index (χ2v) is 5.95. The van der Waals surface area contributed by atoms with Gasteiger partial charge in [-0.3, -0.25) is 4.48 Å². The van der Waals surface area contributed by atoms with E-state index in [-0.39, 0.29) is 0 Å². The standard InChI is InChI=1S/C18H24N/c1-16(2)14-19(3,18-12-8-5-9-13-18)15-17-10-6-4-7-11-17/h4-13,16H,14-15H2,1-3H3/q+1/t19-/m1/s1. The number of hydrogen-bond donors (Lipinski definition) is 0. The lowest BCUT2D eigenvalue weighted by Crippen LogP contribution is -2.46. The minimum atomic E-state index is 0.675. The molecule has 0 spiro atoms. The third-order valence-corrected chi connectivity index (χ3v) is 3.52. The minimum Gasteiger partial charge on any atom is -0.290 e. The van der Waals surface area contributed by atoms with Crippen LogP contribution < -0.4 is 4.48 Å². The van der Waals surface area contributed by atoms with Gasteiger partial charge in [0, 0.05) is 11.5 Å². The summed E-state index contributed by atoms with van der Waals surface area (Å²) < 4.78 is 0.961. The molecule has 1 atom stereocenters. The first-order valence-corrected chi connectivity index (χ1v) is 7.04. The summed E-state index contributed by atoms with van der Waals surface area (Å²) in [6, 6.07) is 21.6. The third kappa shape index (κ3) is 3.68. The van der Waals surface area contributed by atoms with Crippen LogP contribution in [-0.2, 0) is 6.54 Å². The summed E-state index contributed by atoms with van der Waals surface area (Å²) in [7, 11) is 2.34. The summed E-state index contributed by atoms with van der Waals surface area (Å²) in [5, 5.41) is 0. The van der Waals surface area contributed by atoms with Gasteiger partial charge in [0.05, 0.1) is 13.6 Å². The van der Waals surface area contributed by atoms with Crippen LogP contribution in [0.5, 0.6) is 0 Å². The quantitative estimate of drug-likeness (QED) is 0.690. The van der Waals surface area contributed by atoms with Gasteiger partial charge in [-0.1, -0.05) is 62.4 Å². The number of hydrogen-bond acceptors (Lipinski definition) is 0. The Kier molecular flexibility index (Phi) is 4.39. The van der Waals surface area contributed by atoms with Gasteiger partial charge in [0.1, 0.15) is 12.2 Å². The van der Waals surface area contributed by atoms with E-state index in [2.05, 4.69) is 81.6 Å². The molecule has 0 heterocycles. The molecule has 0 saturated carbocycles. The highest BCUT2D eigenvalue weighted by Crippen LogP contribution is 2.25. The highest BCUT2D eigenvalue weighted by molar-refractivity contribution is 5.42. The topological polar surface area (TPSA) is 0 Å². The monoisotopic (exact) mass is 254 g/mol. The van der Waals surface area contributed by atoms with Crippen molar-refractivity contribution >= 4 is 5.69 Å². The molecule has 0 amide bonds. The fourth-order valence-electron chi connectivity index (χ4n) is 2.84. The van der Waals surface area contributed by atoms with Crippen molar-refractivity contribution in [3.8, 4) is 0 Å². The molecule has 0 N–H and O–H groups in total. The maximum atomic E-state index is 2.34. The van der Waals surface area contributed by atoms with Crippen molar-refractivity contribution in [2.75, 3.05) is 13.6 Å². The van der Waals surface area contributed by atoms with Crippen molar-refractivity contribution in [1.29, 1.82) is 0 Å². The Labute approximate surface area is 117 Å². The van der Waals surface area contributed by atoms with Gasteiger partial charge in [0.25, 0.3) is 0 Å². The van der Waals surface area contributed by atoms with Crippen LogP contribution in [0.3, 0.4) is 0 Å². The van der Waals surface area contributed by atoms with Crippen molar-refractivity contribution in [3.63, 3.8) is 0 Å². The average Bonchev–Trinajstić information content (AvgIpc) is 2.40. The van der Waals surface area contributed by atoms with Crippen molar-refractivity contribution < 1.29 is 0 Å². The number of benzene rings is 2. The molecule has 0 fully saturated rings. The van der Waals surface area contributed by atoms with Crippen LogP contribution in [0.25, 0.3) is 0 Å². The first kappa shape index (κ1) is 13.8. The molecule has 1 heteroatoms. The Morgan fingerprint density at radius 1 is 0.842 bits per heavy atom. The Bertz CT molecular complexity index is 490. The highest BCUT2D eigenvalue weighted by atomic mass is 15.3. The second kappa shape index (κ2) is 6.03. The molecule has 0 aliphatic rings. The normalized spacial score (nSPS) is 14.3. The molecule has 1 nitrogen and oxygen atoms in total. The van der Waals surface area contributed by atoms with Gasteiger partial charge in [0.2, 0.25) is 0 Å². The van der Waals surface area contributed by atoms with Gasteiger partial charge in [0.15, 0.2) is 0 Å². The zero-order valence-electron chi connectivity index (χ0n) is 12.2. The van der Waals surface area contributed by atoms with E-state index < -0.39 is 0 Å². The number of quaternary nitrogens is 1. The van der Waals surface area contributed by atoms with Gasteiger partial charge in [-0.25, -0.2) is 0 Å². The summed E-state index contributed by atoms with van der Waals surface area (Å²) in [5.41, 5.74) is 2.79. The van der Waals surface area contributed by atoms with Crippen LogP contribution in [-0.4, -0.2) is 13.6 Å². The van der Waals surface area contributed by atoms with E-state index in [1.54, 1.807) is 0 Å². The zero-order valence-corrected chi connectivity index (χ0v) is 12.2. The van der Waals surface area contributed by atoms with E-state index in [4.69, 9.17) is 0 Å². The van der Waals surface area contributed by atoms with E-state index in [0.29, 0.717) is 5.92 Å². The van der Waals surface area contributed by atoms with Crippen LogP contribution in [0.4, 0.5) is 5.69 Å². The molecule has 100 valence electrons. The summed E-state index contributed by atoms with van der Waals surface area (Å²) in [6.45, 7) is 6.79. The van der Waals surface area contributed by atoms with Gasteiger partial charge >= 0.3 is 0 Å². The second-order valence-electron chi connectivity index (χ2n) is 5.95. The lowest BCUT2D eigenvalue weighted by atomic mass is 10.1. The fourth-order valence-corrected chi connectivity index (χ4v) is 2.84. The van der Waals surface area contributed by atoms with E-state index >= 15 is 0 Å². The Morgan fingerprint density at radius 2 is 1.37 bits per heavy atom. The van der Waals surface area contributed by atoms with Crippen molar-refractivity contribution in [2.45, 2.75) is 20.4 Å². The van der Waals surface area contributed by atoms with Crippen LogP contribution >= 0.6 is 0 Å². The lowest BCUT2D eigenvalue weighted by Gasteiger charge is -2.35. The molecular formula is C18H24N+. The Morgan fingerprint density at radius 3 is 1.89 bits per heavy atom. The smallest absolute Gasteiger partial charge is 0.132 e. The molecular weight excluding hydrogens is 230 g/mol. The third-order valence-electron chi connectivity index (χ3n) is 3.52. The van der Waals surface area contributed by atoms with E-state index in [1.807, 2.05) is 0 Å². The van der Waals surface area contributed by atoms with Crippen LogP contribution in [0.1, 0.15) is 19.4 Å². The van der Waals surface area contributed by atoms with Crippen molar-refractivity contribution in [3.05, 3.63) is 66.2 Å². The van der Waals surface area contributed by atoms with Crippen LogP contribution in [0.15, 0.2) is 60.7 Å². The lowest BCUT2D eigenvalue weighted by molar-refractivity contribution is 0.285. The van der Waals surface area contributed by atoms with Gasteiger partial charge in [-0.15, -0.1) is 0 Å². The summed E-state index contributed by atoms with van der Waals surface area (Å²) in [4.78, 5) is 0. The molecule has 2 rings (SSSR count). The van der Waals surface area contributed by atoms with Crippen LogP contribution in [0, 0.1) is 5.92 Å². The maximum absolute atomic E-state index is 2.34. The zero-order chi connectivity index (χ0) is 13.7. The molecule has 0 aliphatic heterocycles. The number of rotatable bonds is 5. The fraction of sp³-hybridized carbons (Fsp3) is 0.333. The molecule has 0 saturated heterocycles. The molecule has 2 aromatic rings. The first-order chi connectivity index (χ1) is 9.10. The first-order valence-electron chi connectivity index (χ1n) is 7.04. The molecule has 0 aromatic heterocycles. The van der Waals surface area contributed by atoms with Gasteiger partial charge in [-0.05, 0) is 12.1 Å². The highest BCUT2D eigenvalue weighted by Gasteiger charge is 2.26. The van der Waals surface area contributed by atoms with Gasteiger partial charge < -0.3 is 0 Å². The predicted octanol–water partition coefficient (Wildman–Crippen LogP) is 4.48. The average molecular weight is 254 g/mol. The molecule has 0 unspecified atom stereocenters. The van der Waals surface area contributed by atoms with E-state index in [1.165, 1.54) is 11.3 Å². The number of para-hydroxylation sites is 1. The maximum Gasteiger partial charge on any atom is 0.132 e. The SMILES string of the molecule is CC(C)C[N@+](C)(Cc1ccccc1)c1ccccc1. The molecule has 19 heavy (non-hydrogen) atoms. The van der Waals surface area contributed by atoms with E-state index in [0.717, 1.165) is 17.6 Å². The molecule has 0 radical (unpaired) electrons. The van der Waals surface area contributed by atoms with Gasteiger partial charge in [-0.2, -0.15) is 0 Å². The largest absolute Gasteiger partial charge is 0.290 e. The Hall–Kier alpha value is -1.60. The summed E-state index contributed by atoms with van der Waals surface area (Å²) in [6.07, 6.45) is 0. The van der Waals surface area contributed by atoms with Crippen molar-refractivity contribution in [2.24, 2.45) is 5.92 Å². The van der Waals surface area contributed by atoms with Crippen molar-refractivity contribution in [1.82, 2.24) is 4.48 Å².